The fourth-order valence-electron chi connectivity index (χ4n) is 7.04. The molecule has 1 aromatic heterocycles. The topological polar surface area (TPSA) is 111 Å². The number of hydrogen-bond acceptors (Lipinski definition) is 7. The molecule has 2 saturated carbocycles. The number of fused-ring (bicyclic) bond motifs is 9. The molecule has 3 heterocycles. The van der Waals surface area contributed by atoms with E-state index in [2.05, 4.69) is 29.2 Å². The molecule has 2 N–H and O–H groups in total. The standard InChI is InChI=1S/C25H27N3O5S2/c1-27(2)12-7-5-11(6-8-12)16-17-13-10-14(20(17)34-22-21(16)35-25(33)26-22)19-18(13)23(31)28(24(19)32)9-3-4-15(29)30/h5-8,13-14,16-20H,3-4,9-10H2,1-2H3,(H,26,33)(H,29,30)/t13?,14?,16-,17?,18?,19?,20?/m1/s1. The third-order valence-corrected chi connectivity index (χ3v) is 10.9. The number of hydrogen-bond donors (Lipinski definition) is 2. The molecule has 2 aliphatic heterocycles. The number of carboxylic acids is 1. The fraction of sp³-hybridized carbons (Fsp3) is 0.520. The van der Waals surface area contributed by atoms with Gasteiger partial charge in [-0.25, -0.2) is 0 Å². The first-order valence-electron chi connectivity index (χ1n) is 12.0. The number of likely N-dealkylation sites (tertiary alicyclic amines) is 1. The molecular weight excluding hydrogens is 486 g/mol. The van der Waals surface area contributed by atoms with Crippen molar-refractivity contribution < 1.29 is 19.5 Å². The normalized spacial score (nSPS) is 32.5. The fourth-order valence-corrected chi connectivity index (χ4v) is 9.93. The van der Waals surface area contributed by atoms with Crippen LogP contribution >= 0.6 is 23.1 Å². The maximum Gasteiger partial charge on any atom is 0.305 e. The van der Waals surface area contributed by atoms with Crippen molar-refractivity contribution in [3.8, 4) is 0 Å². The number of aromatic amines is 1. The summed E-state index contributed by atoms with van der Waals surface area (Å²) in [5, 5.41) is 10.0. The SMILES string of the molecule is CN(C)c1ccc([C@H]2c3sc(=O)[nH]c3SC3C4CC(C5C(=O)N(CCCC(=O)O)C(=O)C45)C32)cc1. The summed E-state index contributed by atoms with van der Waals surface area (Å²) in [4.78, 5) is 57.4. The zero-order valence-corrected chi connectivity index (χ0v) is 21.1. The first-order valence-corrected chi connectivity index (χ1v) is 13.7. The van der Waals surface area contributed by atoms with E-state index in [1.165, 1.54) is 16.2 Å². The number of aliphatic carboxylic acids is 1. The summed E-state index contributed by atoms with van der Waals surface area (Å²) in [6.07, 6.45) is 1.07. The maximum absolute atomic E-state index is 13.4. The van der Waals surface area contributed by atoms with E-state index in [9.17, 15) is 19.2 Å². The molecule has 35 heavy (non-hydrogen) atoms. The summed E-state index contributed by atoms with van der Waals surface area (Å²) in [6, 6.07) is 8.44. The Morgan fingerprint density at radius 2 is 1.80 bits per heavy atom. The Labute approximate surface area is 210 Å². The van der Waals surface area contributed by atoms with Gasteiger partial charge in [0.1, 0.15) is 0 Å². The molecule has 3 fully saturated rings. The summed E-state index contributed by atoms with van der Waals surface area (Å²) in [5.41, 5.74) is 2.24. The lowest BCUT2D eigenvalue weighted by atomic mass is 9.68. The monoisotopic (exact) mass is 513 g/mol. The number of carbonyl (C=O) groups is 3. The first-order chi connectivity index (χ1) is 16.8. The Morgan fingerprint density at radius 1 is 1.11 bits per heavy atom. The van der Waals surface area contributed by atoms with Crippen molar-refractivity contribution in [2.45, 2.75) is 35.5 Å². The Balaban J connectivity index is 1.36. The number of thiazole rings is 1. The van der Waals surface area contributed by atoms with E-state index in [1.807, 2.05) is 19.0 Å². The van der Waals surface area contributed by atoms with E-state index in [1.54, 1.807) is 11.8 Å². The summed E-state index contributed by atoms with van der Waals surface area (Å²) < 4.78 is 0. The summed E-state index contributed by atoms with van der Waals surface area (Å²) in [6.45, 7) is 0.176. The van der Waals surface area contributed by atoms with Crippen LogP contribution in [0.25, 0.3) is 0 Å². The number of rotatable bonds is 6. The van der Waals surface area contributed by atoms with Crippen LogP contribution in [0.1, 0.15) is 35.6 Å². The molecule has 4 aliphatic rings. The van der Waals surface area contributed by atoms with Crippen molar-refractivity contribution in [3.63, 3.8) is 0 Å². The molecule has 2 bridgehead atoms. The lowest BCUT2D eigenvalue weighted by Gasteiger charge is -2.43. The van der Waals surface area contributed by atoms with Crippen LogP contribution in [-0.4, -0.2) is 58.7 Å². The van der Waals surface area contributed by atoms with Crippen LogP contribution in [0.3, 0.4) is 0 Å². The molecule has 6 unspecified atom stereocenters. The highest BCUT2D eigenvalue weighted by Gasteiger charge is 2.69. The van der Waals surface area contributed by atoms with Gasteiger partial charge >= 0.3 is 10.8 Å². The molecule has 184 valence electrons. The lowest BCUT2D eigenvalue weighted by Crippen LogP contribution is -2.42. The van der Waals surface area contributed by atoms with Crippen molar-refractivity contribution in [1.82, 2.24) is 9.88 Å². The Hall–Kier alpha value is -2.59. The first kappa shape index (κ1) is 22.8. The third-order valence-electron chi connectivity index (χ3n) is 8.36. The number of nitrogens with one attached hydrogen (secondary N) is 1. The second kappa shape index (κ2) is 8.23. The van der Waals surface area contributed by atoms with Crippen molar-refractivity contribution in [2.75, 3.05) is 25.5 Å². The van der Waals surface area contributed by atoms with Gasteiger partial charge in [-0.15, -0.1) is 11.8 Å². The smallest absolute Gasteiger partial charge is 0.305 e. The maximum atomic E-state index is 13.4. The van der Waals surface area contributed by atoms with E-state index in [0.717, 1.165) is 27.6 Å². The van der Waals surface area contributed by atoms with Gasteiger partial charge in [-0.2, -0.15) is 0 Å². The van der Waals surface area contributed by atoms with Gasteiger partial charge in [0.25, 0.3) is 0 Å². The molecule has 2 aliphatic carbocycles. The second-order valence-corrected chi connectivity index (χ2v) is 12.5. The molecule has 1 aromatic carbocycles. The third kappa shape index (κ3) is 3.40. The quantitative estimate of drug-likeness (QED) is 0.572. The van der Waals surface area contributed by atoms with Gasteiger partial charge in [-0.05, 0) is 48.3 Å². The molecule has 2 amide bonds. The van der Waals surface area contributed by atoms with Crippen LogP contribution in [-0.2, 0) is 14.4 Å². The van der Waals surface area contributed by atoms with Crippen molar-refractivity contribution in [3.05, 3.63) is 44.4 Å². The van der Waals surface area contributed by atoms with E-state index in [-0.39, 0.29) is 76.8 Å². The van der Waals surface area contributed by atoms with Crippen molar-refractivity contribution in [1.29, 1.82) is 0 Å². The van der Waals surface area contributed by atoms with Gasteiger partial charge in [-0.3, -0.25) is 24.1 Å². The van der Waals surface area contributed by atoms with Crippen LogP contribution in [0.4, 0.5) is 5.69 Å². The Morgan fingerprint density at radius 3 is 2.46 bits per heavy atom. The minimum atomic E-state index is -0.921. The van der Waals surface area contributed by atoms with E-state index in [4.69, 9.17) is 5.11 Å². The lowest BCUT2D eigenvalue weighted by molar-refractivity contribution is -0.142. The van der Waals surface area contributed by atoms with Gasteiger partial charge < -0.3 is 15.0 Å². The molecule has 1 saturated heterocycles. The number of nitrogens with zero attached hydrogens (tertiary/aromatic N) is 2. The van der Waals surface area contributed by atoms with Crippen LogP contribution in [0.2, 0.25) is 0 Å². The van der Waals surface area contributed by atoms with Crippen molar-refractivity contribution in [2.24, 2.45) is 29.6 Å². The minimum absolute atomic E-state index is 0.0105. The number of imide groups is 1. The highest BCUT2D eigenvalue weighted by Crippen LogP contribution is 2.68. The summed E-state index contributed by atoms with van der Waals surface area (Å²) >= 11 is 2.94. The van der Waals surface area contributed by atoms with E-state index in [0.29, 0.717) is 0 Å². The number of aromatic nitrogens is 1. The molecule has 2 aromatic rings. The number of amides is 2. The Kier molecular flexibility index (Phi) is 5.37. The number of thioether (sulfide) groups is 1. The molecular formula is C25H27N3O5S2. The van der Waals surface area contributed by atoms with Gasteiger partial charge in [0.2, 0.25) is 11.8 Å². The van der Waals surface area contributed by atoms with Gasteiger partial charge in [0, 0.05) is 48.8 Å². The van der Waals surface area contributed by atoms with Gasteiger partial charge in [0.05, 0.1) is 16.9 Å². The summed E-state index contributed by atoms with van der Waals surface area (Å²) in [7, 11) is 4.00. The van der Waals surface area contributed by atoms with E-state index < -0.39 is 5.97 Å². The van der Waals surface area contributed by atoms with Crippen LogP contribution in [0.15, 0.2) is 34.1 Å². The van der Waals surface area contributed by atoms with E-state index >= 15 is 0 Å². The molecule has 10 heteroatoms. The number of carbonyl (C=O) groups excluding carboxylic acids is 2. The molecule has 6 rings (SSSR count). The van der Waals surface area contributed by atoms with Gasteiger partial charge in [-0.1, -0.05) is 23.5 Å². The zero-order chi connectivity index (χ0) is 24.6. The van der Waals surface area contributed by atoms with Crippen molar-refractivity contribution >= 4 is 46.6 Å². The van der Waals surface area contributed by atoms with Gasteiger partial charge in [0.15, 0.2) is 0 Å². The highest BCUT2D eigenvalue weighted by molar-refractivity contribution is 8.00. The summed E-state index contributed by atoms with van der Waals surface area (Å²) in [5.74, 6) is -1.50. The largest absolute Gasteiger partial charge is 0.481 e. The van der Waals surface area contributed by atoms with Crippen LogP contribution in [0, 0.1) is 29.6 Å². The predicted octanol–water partition coefficient (Wildman–Crippen LogP) is 2.84. The second-order valence-electron chi connectivity index (χ2n) is 10.3. The molecule has 7 atom stereocenters. The average Bonchev–Trinajstić information content (AvgIpc) is 3.54. The Bertz CT molecular complexity index is 1270. The average molecular weight is 514 g/mol. The zero-order valence-electron chi connectivity index (χ0n) is 19.5. The molecule has 8 nitrogen and oxygen atoms in total. The molecule has 0 radical (unpaired) electrons. The number of H-pyrrole nitrogens is 1. The van der Waals surface area contributed by atoms with Crippen LogP contribution in [0.5, 0.6) is 0 Å². The number of benzene rings is 1. The minimum Gasteiger partial charge on any atom is -0.481 e. The highest BCUT2D eigenvalue weighted by atomic mass is 32.2. The number of anilines is 1. The van der Waals surface area contributed by atoms with Crippen LogP contribution < -0.4 is 9.77 Å². The molecule has 0 spiro atoms. The number of carboxylic acid groups (broad SMARTS) is 1. The predicted molar refractivity (Wildman–Crippen MR) is 133 cm³/mol.